The number of hydrogen-bond acceptors (Lipinski definition) is 10. The van der Waals surface area contributed by atoms with Crippen molar-refractivity contribution in [3.63, 3.8) is 0 Å². The molecule has 2 fully saturated rings. The first-order valence-electron chi connectivity index (χ1n) is 19.1. The number of aromatic nitrogens is 2. The van der Waals surface area contributed by atoms with E-state index >= 15 is 0 Å². The third-order valence-electron chi connectivity index (χ3n) is 10.3. The summed E-state index contributed by atoms with van der Waals surface area (Å²) in [6, 6.07) is 22.8. The standard InChI is InChI=1S/C22H24ClN3O2S2.C20H18ClF2N3O2S2/c1-16-3-4-18(13-17(16)2)14-20-15-29-22(24-20)25-9-11-26(12-10-25)30(27,28)21-7-5-19(23)6-8-21;21-15-2-4-17(5-3-15)30(27,28)26-9-7-25(8-10-26)20-24-16(13-29-20)11-14-1-6-18(22)19(23)12-14/h3-8,13,15H,9-12,14H2,1-2H3;1-6,12-13H,7-11H2. The summed E-state index contributed by atoms with van der Waals surface area (Å²) in [5, 5.41) is 6.74. The number of piperazine rings is 2. The van der Waals surface area contributed by atoms with Crippen molar-refractivity contribution in [1.29, 1.82) is 0 Å². The Balaban J connectivity index is 0.000000181. The minimum Gasteiger partial charge on any atom is -0.345 e. The fraction of sp³-hybridized carbons (Fsp3) is 0.286. The van der Waals surface area contributed by atoms with E-state index in [0.29, 0.717) is 74.4 Å². The highest BCUT2D eigenvalue weighted by atomic mass is 35.5. The molecule has 0 radical (unpaired) electrons. The van der Waals surface area contributed by atoms with Crippen molar-refractivity contribution in [3.8, 4) is 0 Å². The van der Waals surface area contributed by atoms with Crippen LogP contribution in [0.5, 0.6) is 0 Å². The maximum atomic E-state index is 13.4. The van der Waals surface area contributed by atoms with Crippen LogP contribution in [0.4, 0.5) is 19.0 Å². The fourth-order valence-electron chi connectivity index (χ4n) is 6.78. The molecule has 0 spiro atoms. The van der Waals surface area contributed by atoms with Gasteiger partial charge in [0.25, 0.3) is 0 Å². The van der Waals surface area contributed by atoms with Gasteiger partial charge in [0.05, 0.1) is 21.2 Å². The van der Waals surface area contributed by atoms with Gasteiger partial charge in [-0.3, -0.25) is 0 Å². The zero-order valence-electron chi connectivity index (χ0n) is 32.8. The Morgan fingerprint density at radius 1 is 0.550 bits per heavy atom. The van der Waals surface area contributed by atoms with E-state index in [-0.39, 0.29) is 9.79 Å². The Bertz CT molecular complexity index is 2470. The number of thiazole rings is 2. The predicted octanol–water partition coefficient (Wildman–Crippen LogP) is 8.69. The average molecular weight is 932 g/mol. The van der Waals surface area contributed by atoms with Crippen LogP contribution in [0.25, 0.3) is 0 Å². The highest BCUT2D eigenvalue weighted by Crippen LogP contribution is 2.28. The smallest absolute Gasteiger partial charge is 0.243 e. The van der Waals surface area contributed by atoms with Crippen molar-refractivity contribution in [2.75, 3.05) is 62.2 Å². The van der Waals surface area contributed by atoms with Crippen LogP contribution in [0.3, 0.4) is 0 Å². The number of benzene rings is 4. The van der Waals surface area contributed by atoms with Crippen LogP contribution in [-0.2, 0) is 32.9 Å². The molecule has 2 aromatic heterocycles. The zero-order chi connectivity index (χ0) is 42.6. The molecule has 0 unspecified atom stereocenters. The highest BCUT2D eigenvalue weighted by molar-refractivity contribution is 7.89. The first kappa shape index (κ1) is 44.1. The van der Waals surface area contributed by atoms with Gasteiger partial charge in [-0.15, -0.1) is 22.7 Å². The first-order valence-corrected chi connectivity index (χ1v) is 24.5. The summed E-state index contributed by atoms with van der Waals surface area (Å²) in [5.41, 5.74) is 6.30. The molecule has 2 aliphatic heterocycles. The molecule has 0 saturated carbocycles. The van der Waals surface area contributed by atoms with Gasteiger partial charge < -0.3 is 9.80 Å². The Hall–Kier alpha value is -4.00. The molecular formula is C42H42Cl2F2N6O4S4. The minimum atomic E-state index is -3.56. The summed E-state index contributed by atoms with van der Waals surface area (Å²) >= 11 is 14.8. The maximum Gasteiger partial charge on any atom is 0.243 e. The van der Waals surface area contributed by atoms with E-state index in [1.807, 2.05) is 10.3 Å². The molecule has 0 aliphatic carbocycles. The summed E-state index contributed by atoms with van der Waals surface area (Å²) in [5.74, 6) is -1.75. The Morgan fingerprint density at radius 3 is 1.38 bits per heavy atom. The fourth-order valence-corrected chi connectivity index (χ4v) is 11.6. The number of aryl methyl sites for hydroxylation is 2. The molecule has 0 bridgehead atoms. The van der Waals surface area contributed by atoms with Gasteiger partial charge in [-0.1, -0.05) is 47.5 Å². The van der Waals surface area contributed by atoms with E-state index in [0.717, 1.165) is 34.1 Å². The Labute approximate surface area is 367 Å². The van der Waals surface area contributed by atoms with E-state index in [1.165, 1.54) is 60.9 Å². The van der Waals surface area contributed by atoms with Crippen LogP contribution >= 0.6 is 45.9 Å². The number of nitrogens with zero attached hydrogens (tertiary/aromatic N) is 6. The lowest BCUT2D eigenvalue weighted by atomic mass is 10.0. The van der Waals surface area contributed by atoms with E-state index in [9.17, 15) is 25.6 Å². The summed E-state index contributed by atoms with van der Waals surface area (Å²) in [6.07, 6.45) is 1.21. The van der Waals surface area contributed by atoms with Gasteiger partial charge >= 0.3 is 0 Å². The van der Waals surface area contributed by atoms with E-state index in [1.54, 1.807) is 47.7 Å². The number of halogens is 4. The molecule has 0 atom stereocenters. The predicted molar refractivity (Wildman–Crippen MR) is 237 cm³/mol. The molecule has 316 valence electrons. The number of hydrogen-bond donors (Lipinski definition) is 0. The molecule has 6 aromatic rings. The van der Waals surface area contributed by atoms with Crippen molar-refractivity contribution < 1.29 is 25.6 Å². The molecule has 10 nitrogen and oxygen atoms in total. The molecule has 0 amide bonds. The number of rotatable bonds is 10. The van der Waals surface area contributed by atoms with Crippen LogP contribution in [0, 0.1) is 25.5 Å². The monoisotopic (exact) mass is 930 g/mol. The molecule has 4 heterocycles. The van der Waals surface area contributed by atoms with Crippen LogP contribution in [0.15, 0.2) is 105 Å². The second-order valence-electron chi connectivity index (χ2n) is 14.5. The summed E-state index contributed by atoms with van der Waals surface area (Å²) < 4.78 is 80.8. The quantitative estimate of drug-likeness (QED) is 0.134. The van der Waals surface area contributed by atoms with Crippen molar-refractivity contribution in [3.05, 3.63) is 151 Å². The topological polar surface area (TPSA) is 107 Å². The van der Waals surface area contributed by atoms with Crippen molar-refractivity contribution >= 4 is 76.2 Å². The normalized spacial score (nSPS) is 15.5. The average Bonchev–Trinajstić information content (AvgIpc) is 3.91. The first-order chi connectivity index (χ1) is 28.6. The SMILES string of the molecule is Cc1ccc(Cc2csc(N3CCN(S(=O)(=O)c4ccc(Cl)cc4)CC3)n2)cc1C.O=S(=O)(c1ccc(Cl)cc1)N1CCN(c2nc(Cc3ccc(F)c(F)c3)cs2)CC1. The summed E-state index contributed by atoms with van der Waals surface area (Å²) in [6.45, 7) is 8.12. The number of anilines is 2. The molecule has 4 aromatic carbocycles. The van der Waals surface area contributed by atoms with Gasteiger partial charge in [0.15, 0.2) is 21.9 Å². The molecule has 8 rings (SSSR count). The van der Waals surface area contributed by atoms with Crippen molar-refractivity contribution in [2.24, 2.45) is 0 Å². The Kier molecular flexibility index (Phi) is 13.9. The van der Waals surface area contributed by atoms with Crippen LogP contribution in [0.2, 0.25) is 10.0 Å². The molecule has 2 saturated heterocycles. The largest absolute Gasteiger partial charge is 0.345 e. The van der Waals surface area contributed by atoms with Gasteiger partial charge in [0.2, 0.25) is 20.0 Å². The van der Waals surface area contributed by atoms with Crippen molar-refractivity contribution in [1.82, 2.24) is 18.6 Å². The Morgan fingerprint density at radius 2 is 0.967 bits per heavy atom. The minimum absolute atomic E-state index is 0.225. The lowest BCUT2D eigenvalue weighted by molar-refractivity contribution is 0.384. The third-order valence-corrected chi connectivity index (χ3v) is 16.6. The van der Waals surface area contributed by atoms with Crippen LogP contribution in [0.1, 0.15) is 33.6 Å². The molecule has 0 N–H and O–H groups in total. The van der Waals surface area contributed by atoms with Gasteiger partial charge in [-0.25, -0.2) is 35.6 Å². The molecular weight excluding hydrogens is 890 g/mol. The van der Waals surface area contributed by atoms with Gasteiger partial charge in [0, 0.05) is 86.0 Å². The third kappa shape index (κ3) is 10.5. The molecule has 60 heavy (non-hydrogen) atoms. The second-order valence-corrected chi connectivity index (χ2v) is 20.9. The van der Waals surface area contributed by atoms with E-state index in [2.05, 4.69) is 47.3 Å². The van der Waals surface area contributed by atoms with Crippen LogP contribution < -0.4 is 9.80 Å². The van der Waals surface area contributed by atoms with E-state index < -0.39 is 31.7 Å². The second kappa shape index (κ2) is 18.9. The highest BCUT2D eigenvalue weighted by Gasteiger charge is 2.31. The summed E-state index contributed by atoms with van der Waals surface area (Å²) in [7, 11) is -7.06. The van der Waals surface area contributed by atoms with Gasteiger partial charge in [-0.2, -0.15) is 8.61 Å². The van der Waals surface area contributed by atoms with Crippen molar-refractivity contribution in [2.45, 2.75) is 36.5 Å². The lowest BCUT2D eigenvalue weighted by Gasteiger charge is -2.33. The van der Waals surface area contributed by atoms with Crippen LogP contribution in [-0.4, -0.2) is 87.8 Å². The maximum absolute atomic E-state index is 13.4. The van der Waals surface area contributed by atoms with E-state index in [4.69, 9.17) is 28.2 Å². The molecule has 2 aliphatic rings. The molecule has 18 heteroatoms. The lowest BCUT2D eigenvalue weighted by Crippen LogP contribution is -2.48. The zero-order valence-corrected chi connectivity index (χ0v) is 37.5. The van der Waals surface area contributed by atoms with Gasteiger partial charge in [-0.05, 0) is 96.8 Å². The van der Waals surface area contributed by atoms with Gasteiger partial charge in [0.1, 0.15) is 0 Å². The summed E-state index contributed by atoms with van der Waals surface area (Å²) in [4.78, 5) is 14.1. The number of sulfonamides is 2.